The third-order valence-electron chi connectivity index (χ3n) is 6.03. The molecule has 157 valence electrons. The molecule has 6 nitrogen and oxygen atoms in total. The summed E-state index contributed by atoms with van der Waals surface area (Å²) in [5, 5.41) is 13.9. The molecule has 0 aromatic carbocycles. The van der Waals surface area contributed by atoms with E-state index < -0.39 is 35.3 Å². The zero-order valence-corrected chi connectivity index (χ0v) is 20.5. The third-order valence-corrected chi connectivity index (χ3v) is 16.3. The van der Waals surface area contributed by atoms with Crippen LogP contribution in [0.1, 0.15) is 55.4 Å². The Balaban J connectivity index is 2.50. The molecule has 0 aliphatic carbocycles. The Bertz CT molecular complexity index is 478. The Morgan fingerprint density at radius 1 is 0.926 bits per heavy atom. The van der Waals surface area contributed by atoms with E-state index in [1.165, 1.54) is 0 Å². The predicted octanol–water partition coefficient (Wildman–Crippen LogP) is 2.87. The maximum absolute atomic E-state index is 10.9. The molecule has 0 amide bonds. The van der Waals surface area contributed by atoms with Crippen molar-refractivity contribution in [2.24, 2.45) is 0 Å². The van der Waals surface area contributed by atoms with E-state index in [0.29, 0.717) is 17.7 Å². The normalized spacial score (nSPS) is 33.4. The highest BCUT2D eigenvalue weighted by molar-refractivity contribution is 6.84. The minimum absolute atomic E-state index is 0.240. The van der Waals surface area contributed by atoms with Crippen LogP contribution >= 0.6 is 0 Å². The molecule has 2 heterocycles. The van der Waals surface area contributed by atoms with Crippen molar-refractivity contribution < 1.29 is 22.8 Å². The molecule has 2 fully saturated rings. The first kappa shape index (κ1) is 23.5. The van der Waals surface area contributed by atoms with Crippen molar-refractivity contribution in [3.63, 3.8) is 0 Å². The number of nitrogens with one attached hydrogen (secondary N) is 1. The van der Waals surface area contributed by atoms with Crippen LogP contribution in [0.15, 0.2) is 0 Å². The zero-order valence-electron chi connectivity index (χ0n) is 18.5. The lowest BCUT2D eigenvalue weighted by atomic mass is 9.81. The summed E-state index contributed by atoms with van der Waals surface area (Å²) < 4.78 is 26.7. The van der Waals surface area contributed by atoms with E-state index in [9.17, 15) is 5.11 Å². The van der Waals surface area contributed by atoms with E-state index in [2.05, 4.69) is 60.6 Å². The van der Waals surface area contributed by atoms with Crippen LogP contribution in [0.5, 0.6) is 0 Å². The molecule has 1 unspecified atom stereocenters. The first-order valence-electron chi connectivity index (χ1n) is 10.4. The van der Waals surface area contributed by atoms with E-state index >= 15 is 0 Å². The van der Waals surface area contributed by atoms with Gasteiger partial charge in [-0.25, -0.2) is 0 Å². The molecule has 0 saturated carbocycles. The fourth-order valence-electron chi connectivity index (χ4n) is 4.49. The molecule has 0 bridgehead atoms. The molecule has 2 aliphatic rings. The Morgan fingerprint density at radius 3 is 1.89 bits per heavy atom. The number of rotatable bonds is 6. The minimum Gasteiger partial charge on any atom is -0.414 e. The largest absolute Gasteiger partial charge is 0.414 e. The molecule has 4 atom stereocenters. The van der Waals surface area contributed by atoms with Gasteiger partial charge in [-0.1, -0.05) is 55.4 Å². The first-order chi connectivity index (χ1) is 12.5. The van der Waals surface area contributed by atoms with Gasteiger partial charge >= 0.3 is 17.1 Å². The summed E-state index contributed by atoms with van der Waals surface area (Å²) in [4.78, 5) is 0. The van der Waals surface area contributed by atoms with Crippen LogP contribution in [0, 0.1) is 0 Å². The van der Waals surface area contributed by atoms with Crippen LogP contribution in [0.2, 0.25) is 22.2 Å². The number of aliphatic hydroxyl groups excluding tert-OH is 1. The Labute approximate surface area is 168 Å². The SMILES string of the molecule is CN[B][C@@H]1O[C@@H]2CO[Si](C(C)C)(C(C)C)O[Si](C(C)C)(C(C)C)O[C@@H]2C1O. The quantitative estimate of drug-likeness (QED) is 0.649. The smallest absolute Gasteiger partial charge is 0.335 e. The molecule has 0 aromatic rings. The fourth-order valence-corrected chi connectivity index (χ4v) is 15.7. The van der Waals surface area contributed by atoms with Gasteiger partial charge < -0.3 is 28.0 Å². The van der Waals surface area contributed by atoms with E-state index in [1.807, 2.05) is 7.05 Å². The van der Waals surface area contributed by atoms with Crippen LogP contribution in [0.3, 0.4) is 0 Å². The second-order valence-corrected chi connectivity index (χ2v) is 18.0. The lowest BCUT2D eigenvalue weighted by molar-refractivity contribution is -0.0321. The highest BCUT2D eigenvalue weighted by Crippen LogP contribution is 2.47. The highest BCUT2D eigenvalue weighted by atomic mass is 28.5. The molecule has 2 N–H and O–H groups in total. The van der Waals surface area contributed by atoms with Crippen molar-refractivity contribution in [3.8, 4) is 0 Å². The molecule has 0 aromatic heterocycles. The molecule has 2 rings (SSSR count). The van der Waals surface area contributed by atoms with Crippen molar-refractivity contribution in [2.45, 2.75) is 102 Å². The Kier molecular flexibility index (Phi) is 7.80. The van der Waals surface area contributed by atoms with Crippen molar-refractivity contribution in [2.75, 3.05) is 13.7 Å². The summed E-state index contributed by atoms with van der Waals surface area (Å²) >= 11 is 0. The number of ether oxygens (including phenoxy) is 1. The lowest BCUT2D eigenvalue weighted by Gasteiger charge is -2.51. The number of hydrogen-bond donors (Lipinski definition) is 2. The van der Waals surface area contributed by atoms with Crippen molar-refractivity contribution >= 4 is 24.5 Å². The van der Waals surface area contributed by atoms with Crippen molar-refractivity contribution in [1.82, 2.24) is 5.23 Å². The van der Waals surface area contributed by atoms with Gasteiger partial charge in [-0.05, 0) is 29.2 Å². The van der Waals surface area contributed by atoms with E-state index in [0.717, 1.165) is 0 Å². The topological polar surface area (TPSA) is 69.2 Å². The van der Waals surface area contributed by atoms with E-state index in [-0.39, 0.29) is 17.2 Å². The van der Waals surface area contributed by atoms with E-state index in [1.54, 1.807) is 7.41 Å². The monoisotopic (exact) mass is 416 g/mol. The second kappa shape index (κ2) is 8.95. The summed E-state index contributed by atoms with van der Waals surface area (Å²) in [5.41, 5.74) is 1.08. The summed E-state index contributed by atoms with van der Waals surface area (Å²) in [6.45, 7) is 17.9. The fraction of sp³-hybridized carbons (Fsp3) is 1.00. The van der Waals surface area contributed by atoms with Crippen LogP contribution in [0.4, 0.5) is 0 Å². The van der Waals surface area contributed by atoms with Gasteiger partial charge in [-0.2, -0.15) is 0 Å². The molecule has 27 heavy (non-hydrogen) atoms. The van der Waals surface area contributed by atoms with Crippen LogP contribution in [-0.2, 0) is 17.7 Å². The van der Waals surface area contributed by atoms with E-state index in [4.69, 9.17) is 17.7 Å². The molecular formula is C18H39BNO5Si2. The standard InChI is InChI=1S/C18H39BNO5Si2/c1-11(2)26(12(3)4)22-10-15-17(16(21)18(23-15)19-20-9)24-27(25-26,13(5)6)14(7)8/h11-18,20-21H,10H2,1-9H3/t15-,16?,17+,18-/m1/s1. The van der Waals surface area contributed by atoms with Crippen LogP contribution < -0.4 is 5.23 Å². The molecule has 1 radical (unpaired) electrons. The van der Waals surface area contributed by atoms with Crippen LogP contribution in [-0.4, -0.2) is 67.6 Å². The first-order valence-corrected chi connectivity index (χ1v) is 14.3. The van der Waals surface area contributed by atoms with Gasteiger partial charge in [0.15, 0.2) is 0 Å². The summed E-state index contributed by atoms with van der Waals surface area (Å²) in [5.74, 6) is 0. The summed E-state index contributed by atoms with van der Waals surface area (Å²) in [6, 6.07) is -0.410. The number of hydrogen-bond acceptors (Lipinski definition) is 6. The van der Waals surface area contributed by atoms with Gasteiger partial charge in [0.1, 0.15) is 18.3 Å². The minimum atomic E-state index is -2.70. The van der Waals surface area contributed by atoms with Crippen molar-refractivity contribution in [3.05, 3.63) is 0 Å². The number of fused-ring (bicyclic) bond motifs is 1. The average molecular weight is 416 g/mol. The highest BCUT2D eigenvalue weighted by Gasteiger charge is 2.61. The molecular weight excluding hydrogens is 377 g/mol. The molecule has 0 spiro atoms. The van der Waals surface area contributed by atoms with Gasteiger partial charge in [-0.15, -0.1) is 0 Å². The molecule has 9 heteroatoms. The van der Waals surface area contributed by atoms with Gasteiger partial charge in [0.2, 0.25) is 7.41 Å². The van der Waals surface area contributed by atoms with Crippen molar-refractivity contribution in [1.29, 1.82) is 0 Å². The molecule has 2 aliphatic heterocycles. The van der Waals surface area contributed by atoms with Gasteiger partial charge in [0.05, 0.1) is 12.6 Å². The summed E-state index contributed by atoms with van der Waals surface area (Å²) in [6.07, 6.45) is -1.44. The number of aliphatic hydroxyl groups is 1. The summed E-state index contributed by atoms with van der Waals surface area (Å²) in [7, 11) is -1.66. The average Bonchev–Trinajstić information content (AvgIpc) is 2.82. The van der Waals surface area contributed by atoms with Crippen LogP contribution in [0.25, 0.3) is 0 Å². The van der Waals surface area contributed by atoms with Gasteiger partial charge in [-0.3, -0.25) is 0 Å². The second-order valence-electron chi connectivity index (χ2n) is 9.14. The maximum atomic E-state index is 10.9. The predicted molar refractivity (Wildman–Crippen MR) is 113 cm³/mol. The third kappa shape index (κ3) is 4.26. The Hall–Kier alpha value is 0.259. The van der Waals surface area contributed by atoms with Gasteiger partial charge in [0, 0.05) is 0 Å². The van der Waals surface area contributed by atoms with Gasteiger partial charge in [0.25, 0.3) is 0 Å². The lowest BCUT2D eigenvalue weighted by Crippen LogP contribution is -2.65. The maximum Gasteiger partial charge on any atom is 0.335 e. The molecule has 2 saturated heterocycles. The zero-order chi connectivity index (χ0) is 20.6. The Morgan fingerprint density at radius 2 is 1.44 bits per heavy atom.